The molecular weight excluding hydrogens is 520 g/mol. The van der Waals surface area contributed by atoms with Gasteiger partial charge in [-0.05, 0) is 39.0 Å². The fourth-order valence-corrected chi connectivity index (χ4v) is 5.66. The number of ketones is 2. The molecule has 0 amide bonds. The quantitative estimate of drug-likeness (QED) is 0.257. The maximum atomic E-state index is 13.3. The molecule has 10 heteroatoms. The Hall–Kier alpha value is -4.09. The number of phenolic OH excluding ortho intramolecular Hbond substituents is 2. The molecule has 206 valence electrons. The molecule has 0 spiro atoms. The van der Waals surface area contributed by atoms with E-state index in [2.05, 4.69) is 0 Å². The third-order valence-electron chi connectivity index (χ3n) is 7.58. The predicted molar refractivity (Wildman–Crippen MR) is 137 cm³/mol. The largest absolute Gasteiger partial charge is 0.507 e. The van der Waals surface area contributed by atoms with Gasteiger partial charge in [0.05, 0.1) is 16.7 Å². The molecule has 5 atom stereocenters. The zero-order valence-electron chi connectivity index (χ0n) is 21.8. The van der Waals surface area contributed by atoms with Crippen LogP contribution in [0.3, 0.4) is 0 Å². The van der Waals surface area contributed by atoms with Gasteiger partial charge in [-0.15, -0.1) is 0 Å². The summed E-state index contributed by atoms with van der Waals surface area (Å²) < 4.78 is 23.8. The highest BCUT2D eigenvalue weighted by Gasteiger charge is 2.65. The first-order valence-corrected chi connectivity index (χ1v) is 12.7. The standard InChI is InChI=1S/C30H26O10/c1-29(2)38-26-28(40-29)37-25(30(26,3)39-27(36)14-9-5-4-6-10-14)24(35)17-13-18(31)19-20(23(17)34)22(33)16-12-8-7-11-15(16)21(19)32/h4-13,24-26,28,31,34-35H,1-3H3/t24-,25-,26-,28+,30-/m1/s1. The number of carbonyl (C=O) groups is 3. The number of aliphatic hydroxyl groups excluding tert-OH is 1. The molecule has 0 saturated carbocycles. The molecule has 3 aliphatic rings. The molecular formula is C30H26O10. The topological polar surface area (TPSA) is 149 Å². The van der Waals surface area contributed by atoms with Gasteiger partial charge in [0.25, 0.3) is 0 Å². The van der Waals surface area contributed by atoms with Crippen LogP contribution >= 0.6 is 0 Å². The van der Waals surface area contributed by atoms with Gasteiger partial charge >= 0.3 is 5.97 Å². The first kappa shape index (κ1) is 26.1. The minimum atomic E-state index is -1.76. The van der Waals surface area contributed by atoms with Gasteiger partial charge in [0.15, 0.2) is 35.3 Å². The Bertz CT molecular complexity index is 1560. The summed E-state index contributed by atoms with van der Waals surface area (Å²) in [5, 5.41) is 33.7. The molecule has 0 bridgehead atoms. The molecule has 2 saturated heterocycles. The van der Waals surface area contributed by atoms with E-state index in [1.54, 1.807) is 56.3 Å². The molecule has 0 unspecified atom stereocenters. The van der Waals surface area contributed by atoms with E-state index in [0.29, 0.717) is 0 Å². The Kier molecular flexibility index (Phi) is 5.86. The highest BCUT2D eigenvalue weighted by Crippen LogP contribution is 2.51. The summed E-state index contributed by atoms with van der Waals surface area (Å²) in [6.45, 7) is 4.83. The number of phenols is 2. The number of ether oxygens (including phenoxy) is 4. The normalized spacial score (nSPS) is 27.1. The van der Waals surface area contributed by atoms with Crippen LogP contribution in [-0.4, -0.2) is 62.7 Å². The van der Waals surface area contributed by atoms with Crippen molar-refractivity contribution >= 4 is 17.5 Å². The number of esters is 1. The van der Waals surface area contributed by atoms with E-state index >= 15 is 0 Å². The molecule has 1 aliphatic carbocycles. The van der Waals surface area contributed by atoms with Crippen LogP contribution in [0.1, 0.15) is 74.6 Å². The van der Waals surface area contributed by atoms with E-state index in [0.717, 1.165) is 6.07 Å². The number of aliphatic hydroxyl groups is 1. The van der Waals surface area contributed by atoms with E-state index in [1.165, 1.54) is 19.1 Å². The molecule has 10 nitrogen and oxygen atoms in total. The Morgan fingerprint density at radius 1 is 0.900 bits per heavy atom. The van der Waals surface area contributed by atoms with Gasteiger partial charge in [-0.3, -0.25) is 9.59 Å². The van der Waals surface area contributed by atoms with Gasteiger partial charge < -0.3 is 34.3 Å². The minimum Gasteiger partial charge on any atom is -0.507 e. The van der Waals surface area contributed by atoms with E-state index in [1.807, 2.05) is 0 Å². The molecule has 3 aromatic rings. The lowest BCUT2D eigenvalue weighted by molar-refractivity contribution is -0.240. The zero-order chi connectivity index (χ0) is 28.6. The van der Waals surface area contributed by atoms with Gasteiger partial charge in [-0.2, -0.15) is 0 Å². The van der Waals surface area contributed by atoms with Crippen LogP contribution < -0.4 is 0 Å². The fraction of sp³-hybridized carbons (Fsp3) is 0.300. The Labute approximate surface area is 228 Å². The first-order valence-electron chi connectivity index (χ1n) is 12.7. The summed E-state index contributed by atoms with van der Waals surface area (Å²) in [6, 6.07) is 15.3. The summed E-state index contributed by atoms with van der Waals surface area (Å²) in [6.07, 6.45) is -5.16. The summed E-state index contributed by atoms with van der Waals surface area (Å²) in [5.74, 6) is -4.44. The molecule has 3 aromatic carbocycles. The van der Waals surface area contributed by atoms with Gasteiger partial charge in [0.1, 0.15) is 23.7 Å². The highest BCUT2D eigenvalue weighted by molar-refractivity contribution is 6.30. The second-order valence-corrected chi connectivity index (χ2v) is 10.7. The lowest BCUT2D eigenvalue weighted by Crippen LogP contribution is -2.52. The molecule has 3 N–H and O–H groups in total. The molecule has 0 aromatic heterocycles. The van der Waals surface area contributed by atoms with Crippen LogP contribution in [-0.2, 0) is 18.9 Å². The van der Waals surface area contributed by atoms with Crippen LogP contribution in [0.25, 0.3) is 0 Å². The van der Waals surface area contributed by atoms with Crippen molar-refractivity contribution in [1.82, 2.24) is 0 Å². The van der Waals surface area contributed by atoms with Crippen molar-refractivity contribution in [3.8, 4) is 11.5 Å². The van der Waals surface area contributed by atoms with Crippen LogP contribution in [0.4, 0.5) is 0 Å². The molecule has 0 radical (unpaired) electrons. The summed E-state index contributed by atoms with van der Waals surface area (Å²) >= 11 is 0. The highest BCUT2D eigenvalue weighted by atomic mass is 16.8. The Morgan fingerprint density at radius 2 is 1.50 bits per heavy atom. The lowest BCUT2D eigenvalue weighted by atomic mass is 9.80. The van der Waals surface area contributed by atoms with Crippen molar-refractivity contribution in [2.24, 2.45) is 0 Å². The summed E-state index contributed by atoms with van der Waals surface area (Å²) in [5.41, 5.74) is -2.38. The zero-order valence-corrected chi connectivity index (χ0v) is 21.8. The third kappa shape index (κ3) is 3.83. The number of fused-ring (bicyclic) bond motifs is 3. The van der Waals surface area contributed by atoms with Crippen molar-refractivity contribution in [3.05, 3.63) is 94.0 Å². The van der Waals surface area contributed by atoms with Crippen molar-refractivity contribution in [2.45, 2.75) is 56.8 Å². The Morgan fingerprint density at radius 3 is 2.15 bits per heavy atom. The number of benzene rings is 3. The van der Waals surface area contributed by atoms with E-state index in [4.69, 9.17) is 18.9 Å². The fourth-order valence-electron chi connectivity index (χ4n) is 5.66. The van der Waals surface area contributed by atoms with Gasteiger partial charge in [0.2, 0.25) is 0 Å². The maximum absolute atomic E-state index is 13.3. The summed E-state index contributed by atoms with van der Waals surface area (Å²) in [7, 11) is 0. The molecule has 2 aliphatic heterocycles. The number of hydrogen-bond acceptors (Lipinski definition) is 10. The Balaban J connectivity index is 1.42. The molecule has 40 heavy (non-hydrogen) atoms. The van der Waals surface area contributed by atoms with Crippen LogP contribution in [0.5, 0.6) is 11.5 Å². The smallest absolute Gasteiger partial charge is 0.338 e. The number of aromatic hydroxyl groups is 2. The van der Waals surface area contributed by atoms with Crippen molar-refractivity contribution in [1.29, 1.82) is 0 Å². The number of carbonyl (C=O) groups excluding carboxylic acids is 3. The summed E-state index contributed by atoms with van der Waals surface area (Å²) in [4.78, 5) is 39.6. The second-order valence-electron chi connectivity index (χ2n) is 10.7. The van der Waals surface area contributed by atoms with Crippen molar-refractivity contribution in [2.75, 3.05) is 0 Å². The van der Waals surface area contributed by atoms with Crippen LogP contribution in [0.15, 0.2) is 60.7 Å². The van der Waals surface area contributed by atoms with E-state index in [-0.39, 0.29) is 27.8 Å². The van der Waals surface area contributed by atoms with Crippen molar-refractivity contribution in [3.63, 3.8) is 0 Å². The second kappa shape index (κ2) is 8.97. The maximum Gasteiger partial charge on any atom is 0.338 e. The van der Waals surface area contributed by atoms with Gasteiger partial charge in [-0.1, -0.05) is 42.5 Å². The molecule has 2 fully saturated rings. The van der Waals surface area contributed by atoms with Gasteiger partial charge in [-0.25, -0.2) is 4.79 Å². The number of hydrogen-bond donors (Lipinski definition) is 3. The van der Waals surface area contributed by atoms with Crippen LogP contribution in [0.2, 0.25) is 0 Å². The molecule has 2 heterocycles. The third-order valence-corrected chi connectivity index (χ3v) is 7.58. The van der Waals surface area contributed by atoms with E-state index < -0.39 is 70.6 Å². The van der Waals surface area contributed by atoms with Crippen molar-refractivity contribution < 1.29 is 48.7 Å². The molecule has 6 rings (SSSR count). The minimum absolute atomic E-state index is 0.0543. The average molecular weight is 547 g/mol. The SMILES string of the molecule is CC1(C)O[C@@H]2O[C@H]([C@H](O)c3cc(O)c4c(c3O)C(=O)c3ccccc3C4=O)[C@@](C)(OC(=O)c3ccccc3)[C@@H]2O1. The first-order chi connectivity index (χ1) is 18.9. The predicted octanol–water partition coefficient (Wildman–Crippen LogP) is 3.40. The lowest BCUT2D eigenvalue weighted by Gasteiger charge is -2.37. The average Bonchev–Trinajstić information content (AvgIpc) is 3.38. The van der Waals surface area contributed by atoms with E-state index in [9.17, 15) is 29.7 Å². The monoisotopic (exact) mass is 546 g/mol. The van der Waals surface area contributed by atoms with Crippen LogP contribution in [0, 0.1) is 0 Å². The number of rotatable bonds is 4. The van der Waals surface area contributed by atoms with Gasteiger partial charge in [0, 0.05) is 16.7 Å².